The van der Waals surface area contributed by atoms with Crippen LogP contribution in [0.15, 0.2) is 0 Å². The molecule has 0 bridgehead atoms. The molecule has 1 unspecified atom stereocenters. The Morgan fingerprint density at radius 2 is 1.73 bits per heavy atom. The third kappa shape index (κ3) is 8.39. The van der Waals surface area contributed by atoms with Gasteiger partial charge in [-0.05, 0) is 47.5 Å². The van der Waals surface area contributed by atoms with Crippen molar-refractivity contribution in [2.75, 3.05) is 0 Å². The molecule has 0 saturated carbocycles. The summed E-state index contributed by atoms with van der Waals surface area (Å²) >= 11 is 0. The van der Waals surface area contributed by atoms with Gasteiger partial charge in [0, 0.05) is 0 Å². The third-order valence-corrected chi connectivity index (χ3v) is 1.71. The van der Waals surface area contributed by atoms with Gasteiger partial charge in [-0.25, -0.2) is 4.79 Å². The van der Waals surface area contributed by atoms with Crippen molar-refractivity contribution in [3.05, 3.63) is 0 Å². The lowest BCUT2D eigenvalue weighted by Gasteiger charge is -2.23. The average molecular weight is 218 g/mol. The number of rotatable bonds is 4. The number of carbonyl (C=O) groups excluding carboxylic acids is 1. The summed E-state index contributed by atoms with van der Waals surface area (Å²) in [5.41, 5.74) is -1.46. The maximum atomic E-state index is 11.3. The molecule has 1 atom stereocenters. The van der Waals surface area contributed by atoms with Crippen LogP contribution in [0, 0.1) is 0 Å². The topological polar surface area (TPSA) is 66.8 Å². The van der Waals surface area contributed by atoms with E-state index in [2.05, 4.69) is 0 Å². The second kappa shape index (κ2) is 4.94. The summed E-state index contributed by atoms with van der Waals surface area (Å²) in [6.07, 6.45) is -0.595. The Morgan fingerprint density at radius 1 is 1.27 bits per heavy atom. The van der Waals surface area contributed by atoms with Crippen LogP contribution in [0.3, 0.4) is 0 Å². The van der Waals surface area contributed by atoms with Gasteiger partial charge in [0.25, 0.3) is 0 Å². The van der Waals surface area contributed by atoms with Crippen LogP contribution < -0.4 is 0 Å². The van der Waals surface area contributed by atoms with E-state index in [0.717, 1.165) is 0 Å². The van der Waals surface area contributed by atoms with Crippen molar-refractivity contribution >= 4 is 5.97 Å². The van der Waals surface area contributed by atoms with Crippen molar-refractivity contribution in [3.63, 3.8) is 0 Å². The van der Waals surface area contributed by atoms with E-state index in [-0.39, 0.29) is 6.42 Å². The molecule has 15 heavy (non-hydrogen) atoms. The van der Waals surface area contributed by atoms with Crippen LogP contribution in [0.2, 0.25) is 0 Å². The molecule has 0 saturated heterocycles. The summed E-state index contributed by atoms with van der Waals surface area (Å²) in [6.45, 7) is 8.50. The van der Waals surface area contributed by atoms with Gasteiger partial charge >= 0.3 is 5.97 Å². The number of aliphatic hydroxyl groups is 2. The fourth-order valence-corrected chi connectivity index (χ4v) is 0.978. The van der Waals surface area contributed by atoms with Gasteiger partial charge < -0.3 is 14.9 Å². The molecular formula is C11H22O4. The average Bonchev–Trinajstić information content (AvgIpc) is 1.95. The zero-order chi connectivity index (χ0) is 12.3. The minimum Gasteiger partial charge on any atom is -0.458 e. The Balaban J connectivity index is 4.01. The van der Waals surface area contributed by atoms with E-state index >= 15 is 0 Å². The van der Waals surface area contributed by atoms with E-state index in [4.69, 9.17) is 4.74 Å². The molecule has 0 aliphatic heterocycles. The van der Waals surface area contributed by atoms with E-state index in [0.29, 0.717) is 6.42 Å². The molecular weight excluding hydrogens is 196 g/mol. The van der Waals surface area contributed by atoms with E-state index < -0.39 is 23.3 Å². The lowest BCUT2D eigenvalue weighted by molar-refractivity contribution is -0.165. The summed E-state index contributed by atoms with van der Waals surface area (Å²) in [5.74, 6) is -0.633. The van der Waals surface area contributed by atoms with Crippen molar-refractivity contribution in [1.82, 2.24) is 0 Å². The summed E-state index contributed by atoms with van der Waals surface area (Å²) in [4.78, 5) is 11.3. The van der Waals surface area contributed by atoms with E-state index in [9.17, 15) is 15.0 Å². The van der Waals surface area contributed by atoms with Gasteiger partial charge in [-0.3, -0.25) is 0 Å². The molecule has 4 nitrogen and oxygen atoms in total. The Kier molecular flexibility index (Phi) is 4.74. The van der Waals surface area contributed by atoms with Crippen LogP contribution in [-0.4, -0.2) is 33.5 Å². The smallest absolute Gasteiger partial charge is 0.335 e. The maximum Gasteiger partial charge on any atom is 0.335 e. The largest absolute Gasteiger partial charge is 0.458 e. The van der Waals surface area contributed by atoms with Crippen LogP contribution >= 0.6 is 0 Å². The van der Waals surface area contributed by atoms with Crippen molar-refractivity contribution in [2.24, 2.45) is 0 Å². The van der Waals surface area contributed by atoms with Crippen molar-refractivity contribution in [3.8, 4) is 0 Å². The van der Waals surface area contributed by atoms with E-state index in [1.807, 2.05) is 0 Å². The first kappa shape index (κ1) is 14.4. The maximum absolute atomic E-state index is 11.3. The standard InChI is InChI=1S/C11H22O4/c1-10(2,3)15-9(13)8(12)6-7-11(4,5)14/h8,12,14H,6-7H2,1-5H3. The molecule has 0 amide bonds. The van der Waals surface area contributed by atoms with Crippen molar-refractivity contribution in [2.45, 2.75) is 64.8 Å². The van der Waals surface area contributed by atoms with Gasteiger partial charge in [0.15, 0.2) is 6.10 Å². The van der Waals surface area contributed by atoms with Gasteiger partial charge in [-0.15, -0.1) is 0 Å². The lowest BCUT2D eigenvalue weighted by Crippen LogP contribution is -2.33. The van der Waals surface area contributed by atoms with Gasteiger partial charge in [0.2, 0.25) is 0 Å². The number of hydrogen-bond donors (Lipinski definition) is 2. The highest BCUT2D eigenvalue weighted by Gasteiger charge is 2.25. The van der Waals surface area contributed by atoms with Gasteiger partial charge in [-0.1, -0.05) is 0 Å². The molecule has 0 aliphatic carbocycles. The van der Waals surface area contributed by atoms with Crippen molar-refractivity contribution < 1.29 is 19.7 Å². The molecule has 0 heterocycles. The monoisotopic (exact) mass is 218 g/mol. The highest BCUT2D eigenvalue weighted by Crippen LogP contribution is 2.15. The van der Waals surface area contributed by atoms with Crippen molar-refractivity contribution in [1.29, 1.82) is 0 Å². The highest BCUT2D eigenvalue weighted by atomic mass is 16.6. The van der Waals surface area contributed by atoms with Crippen LogP contribution in [0.5, 0.6) is 0 Å². The molecule has 0 fully saturated rings. The Morgan fingerprint density at radius 3 is 2.07 bits per heavy atom. The summed E-state index contributed by atoms with van der Waals surface area (Å²) in [6, 6.07) is 0. The fourth-order valence-electron chi connectivity index (χ4n) is 0.978. The van der Waals surface area contributed by atoms with Crippen LogP contribution in [-0.2, 0) is 9.53 Å². The summed E-state index contributed by atoms with van der Waals surface area (Å²) in [7, 11) is 0. The molecule has 0 aromatic carbocycles. The predicted molar refractivity (Wildman–Crippen MR) is 57.4 cm³/mol. The fraction of sp³-hybridized carbons (Fsp3) is 0.909. The van der Waals surface area contributed by atoms with Crippen LogP contribution in [0.4, 0.5) is 0 Å². The molecule has 0 radical (unpaired) electrons. The van der Waals surface area contributed by atoms with Crippen LogP contribution in [0.25, 0.3) is 0 Å². The number of esters is 1. The number of aliphatic hydroxyl groups excluding tert-OH is 1. The molecule has 0 aromatic heterocycles. The minimum atomic E-state index is -1.16. The van der Waals surface area contributed by atoms with Gasteiger partial charge in [0.1, 0.15) is 5.60 Å². The number of carbonyl (C=O) groups is 1. The first-order valence-corrected chi connectivity index (χ1v) is 5.14. The Hall–Kier alpha value is -0.610. The summed E-state index contributed by atoms with van der Waals surface area (Å²) in [5, 5.41) is 18.9. The minimum absolute atomic E-state index is 0.207. The third-order valence-electron chi connectivity index (χ3n) is 1.71. The summed E-state index contributed by atoms with van der Waals surface area (Å²) < 4.78 is 4.99. The normalized spacial score (nSPS) is 14.9. The van der Waals surface area contributed by atoms with E-state index in [1.165, 1.54) is 0 Å². The molecule has 90 valence electrons. The highest BCUT2D eigenvalue weighted by molar-refractivity contribution is 5.74. The van der Waals surface area contributed by atoms with Gasteiger partial charge in [-0.2, -0.15) is 0 Å². The zero-order valence-electron chi connectivity index (χ0n) is 10.2. The Labute approximate surface area is 91.3 Å². The molecule has 2 N–H and O–H groups in total. The lowest BCUT2D eigenvalue weighted by atomic mass is 10.0. The first-order valence-electron chi connectivity index (χ1n) is 5.14. The molecule has 0 spiro atoms. The first-order chi connectivity index (χ1) is 6.51. The quantitative estimate of drug-likeness (QED) is 0.697. The second-order valence-corrected chi connectivity index (χ2v) is 5.40. The molecule has 0 aromatic rings. The van der Waals surface area contributed by atoms with E-state index in [1.54, 1.807) is 34.6 Å². The SMILES string of the molecule is CC(C)(O)CCC(O)C(=O)OC(C)(C)C. The number of ether oxygens (including phenoxy) is 1. The molecule has 4 heteroatoms. The zero-order valence-corrected chi connectivity index (χ0v) is 10.2. The molecule has 0 aliphatic rings. The van der Waals surface area contributed by atoms with Gasteiger partial charge in [0.05, 0.1) is 5.60 Å². The second-order valence-electron chi connectivity index (χ2n) is 5.40. The number of hydrogen-bond acceptors (Lipinski definition) is 4. The van der Waals surface area contributed by atoms with Crippen LogP contribution in [0.1, 0.15) is 47.5 Å². The Bertz CT molecular complexity index is 210. The predicted octanol–water partition coefficient (Wildman–Crippen LogP) is 1.24. The molecule has 0 rings (SSSR count).